The highest BCUT2D eigenvalue weighted by Gasteiger charge is 2.45. The first-order chi connectivity index (χ1) is 7.50. The molecule has 3 nitrogen and oxygen atoms in total. The second kappa shape index (κ2) is 4.01. The van der Waals surface area contributed by atoms with Crippen LogP contribution < -0.4 is 11.1 Å². The smallest absolute Gasteiger partial charge is 0.136 e. The van der Waals surface area contributed by atoms with E-state index >= 15 is 0 Å². The molecule has 0 aromatic carbocycles. The molecule has 1 saturated carbocycles. The minimum absolute atomic E-state index is 0.394. The maximum atomic E-state index is 5.64. The molecule has 0 amide bonds. The fourth-order valence-electron chi connectivity index (χ4n) is 1.89. The van der Waals surface area contributed by atoms with Gasteiger partial charge in [0, 0.05) is 12.7 Å². The van der Waals surface area contributed by atoms with E-state index in [1.165, 1.54) is 6.42 Å². The fourth-order valence-corrected chi connectivity index (χ4v) is 2.05. The third-order valence-electron chi connectivity index (χ3n) is 3.31. The summed E-state index contributed by atoms with van der Waals surface area (Å²) in [6.45, 7) is 5.51. The Morgan fingerprint density at radius 3 is 2.94 bits per heavy atom. The molecule has 0 aliphatic heterocycles. The van der Waals surface area contributed by atoms with E-state index in [9.17, 15) is 0 Å². The zero-order chi connectivity index (χ0) is 11.8. The Bertz CT molecular complexity index is 414. The van der Waals surface area contributed by atoms with Crippen molar-refractivity contribution in [3.63, 3.8) is 0 Å². The third kappa shape index (κ3) is 2.32. The lowest BCUT2D eigenvalue weighted by molar-refractivity contribution is 0.573. The maximum Gasteiger partial charge on any atom is 0.136 e. The number of nitrogens with zero attached hydrogens (tertiary/aromatic N) is 1. The molecular weight excluding hydrogens is 218 g/mol. The van der Waals surface area contributed by atoms with E-state index in [4.69, 9.17) is 18.0 Å². The molecule has 0 spiro atoms. The topological polar surface area (TPSA) is 50.9 Å². The van der Waals surface area contributed by atoms with Crippen LogP contribution in [0.25, 0.3) is 0 Å². The van der Waals surface area contributed by atoms with E-state index in [0.29, 0.717) is 10.4 Å². The van der Waals surface area contributed by atoms with Crippen LogP contribution in [0.5, 0.6) is 0 Å². The fraction of sp³-hybridized carbons (Fsp3) is 0.500. The number of pyridine rings is 1. The Morgan fingerprint density at radius 1 is 1.69 bits per heavy atom. The molecule has 1 atom stereocenters. The molecule has 0 saturated heterocycles. The highest BCUT2D eigenvalue weighted by molar-refractivity contribution is 7.80. The van der Waals surface area contributed by atoms with Gasteiger partial charge in [0.05, 0.1) is 5.56 Å². The monoisotopic (exact) mass is 235 g/mol. The Balaban J connectivity index is 2.02. The summed E-state index contributed by atoms with van der Waals surface area (Å²) in [4.78, 5) is 4.66. The SMILES string of the molecule is CC1(C)CC1CNc1ncccc1C(N)=S. The average molecular weight is 235 g/mol. The summed E-state index contributed by atoms with van der Waals surface area (Å²) in [6.07, 6.45) is 3.03. The predicted octanol–water partition coefficient (Wildman–Crippen LogP) is 2.17. The number of thiocarbonyl (C=S) groups is 1. The molecule has 1 heterocycles. The summed E-state index contributed by atoms with van der Waals surface area (Å²) in [5.74, 6) is 1.53. The first-order valence-electron chi connectivity index (χ1n) is 5.49. The van der Waals surface area contributed by atoms with Crippen LogP contribution in [0.4, 0.5) is 5.82 Å². The number of nitrogens with one attached hydrogen (secondary N) is 1. The highest BCUT2D eigenvalue weighted by Crippen LogP contribution is 2.51. The van der Waals surface area contributed by atoms with Crippen molar-refractivity contribution in [2.45, 2.75) is 20.3 Å². The molecule has 16 heavy (non-hydrogen) atoms. The lowest BCUT2D eigenvalue weighted by Gasteiger charge is -2.10. The summed E-state index contributed by atoms with van der Waals surface area (Å²) >= 11 is 4.99. The van der Waals surface area contributed by atoms with Crippen LogP contribution in [0, 0.1) is 11.3 Å². The van der Waals surface area contributed by atoms with Gasteiger partial charge >= 0.3 is 0 Å². The zero-order valence-corrected chi connectivity index (χ0v) is 10.5. The van der Waals surface area contributed by atoms with Gasteiger partial charge in [0.25, 0.3) is 0 Å². The van der Waals surface area contributed by atoms with Crippen molar-refractivity contribution < 1.29 is 0 Å². The molecule has 1 unspecified atom stereocenters. The third-order valence-corrected chi connectivity index (χ3v) is 3.53. The van der Waals surface area contributed by atoms with Crippen LogP contribution in [0.3, 0.4) is 0 Å². The van der Waals surface area contributed by atoms with Crippen molar-refractivity contribution in [1.29, 1.82) is 0 Å². The first kappa shape index (κ1) is 11.3. The number of anilines is 1. The van der Waals surface area contributed by atoms with E-state index in [1.807, 2.05) is 12.1 Å². The summed E-state index contributed by atoms with van der Waals surface area (Å²) in [5, 5.41) is 3.33. The van der Waals surface area contributed by atoms with Crippen molar-refractivity contribution in [1.82, 2.24) is 4.98 Å². The van der Waals surface area contributed by atoms with E-state index in [1.54, 1.807) is 6.20 Å². The van der Waals surface area contributed by atoms with Crippen LogP contribution in [-0.4, -0.2) is 16.5 Å². The van der Waals surface area contributed by atoms with Crippen LogP contribution >= 0.6 is 12.2 Å². The molecule has 1 aliphatic rings. The van der Waals surface area contributed by atoms with Crippen LogP contribution in [-0.2, 0) is 0 Å². The average Bonchev–Trinajstić information content (AvgIpc) is 2.84. The highest BCUT2D eigenvalue weighted by atomic mass is 32.1. The molecule has 2 rings (SSSR count). The van der Waals surface area contributed by atoms with Crippen molar-refractivity contribution in [2.75, 3.05) is 11.9 Å². The van der Waals surface area contributed by atoms with Gasteiger partial charge in [-0.1, -0.05) is 26.1 Å². The van der Waals surface area contributed by atoms with Gasteiger partial charge in [-0.25, -0.2) is 4.98 Å². The molecule has 86 valence electrons. The molecule has 0 radical (unpaired) electrons. The Kier molecular flexibility index (Phi) is 2.84. The summed E-state index contributed by atoms with van der Waals surface area (Å²) < 4.78 is 0. The number of hydrogen-bond acceptors (Lipinski definition) is 3. The largest absolute Gasteiger partial charge is 0.389 e. The van der Waals surface area contributed by atoms with Crippen molar-refractivity contribution in [3.8, 4) is 0 Å². The summed E-state index contributed by atoms with van der Waals surface area (Å²) in [7, 11) is 0. The van der Waals surface area contributed by atoms with Gasteiger partial charge in [-0.3, -0.25) is 0 Å². The van der Waals surface area contributed by atoms with Gasteiger partial charge < -0.3 is 11.1 Å². The van der Waals surface area contributed by atoms with Crippen molar-refractivity contribution >= 4 is 23.0 Å². The van der Waals surface area contributed by atoms with E-state index in [-0.39, 0.29) is 0 Å². The van der Waals surface area contributed by atoms with Gasteiger partial charge in [-0.15, -0.1) is 0 Å². The minimum atomic E-state index is 0.394. The van der Waals surface area contributed by atoms with E-state index < -0.39 is 0 Å². The number of nitrogens with two attached hydrogens (primary N) is 1. The standard InChI is InChI=1S/C12H17N3S/c1-12(2)6-8(12)7-15-11-9(10(13)16)4-3-5-14-11/h3-5,8H,6-7H2,1-2H3,(H2,13,16)(H,14,15). The number of hydrogen-bond donors (Lipinski definition) is 2. The Hall–Kier alpha value is -1.16. The summed E-state index contributed by atoms with van der Waals surface area (Å²) in [5.41, 5.74) is 6.95. The van der Waals surface area contributed by atoms with E-state index in [0.717, 1.165) is 23.8 Å². The molecular formula is C12H17N3S. The lowest BCUT2D eigenvalue weighted by Crippen LogP contribution is -2.16. The van der Waals surface area contributed by atoms with Crippen LogP contribution in [0.2, 0.25) is 0 Å². The molecule has 1 aromatic heterocycles. The Labute approximate surface area is 101 Å². The number of aromatic nitrogens is 1. The lowest BCUT2D eigenvalue weighted by atomic mass is 10.1. The second-order valence-corrected chi connectivity index (χ2v) is 5.47. The predicted molar refractivity (Wildman–Crippen MR) is 70.5 cm³/mol. The molecule has 1 aromatic rings. The second-order valence-electron chi connectivity index (χ2n) is 5.03. The van der Waals surface area contributed by atoms with Crippen molar-refractivity contribution in [2.24, 2.45) is 17.1 Å². The van der Waals surface area contributed by atoms with Gasteiger partial charge in [-0.05, 0) is 29.9 Å². The van der Waals surface area contributed by atoms with Crippen LogP contribution in [0.15, 0.2) is 18.3 Å². The first-order valence-corrected chi connectivity index (χ1v) is 5.90. The maximum absolute atomic E-state index is 5.64. The molecule has 1 aliphatic carbocycles. The minimum Gasteiger partial charge on any atom is -0.389 e. The van der Waals surface area contributed by atoms with Crippen molar-refractivity contribution in [3.05, 3.63) is 23.9 Å². The molecule has 4 heteroatoms. The van der Waals surface area contributed by atoms with Gasteiger partial charge in [0.15, 0.2) is 0 Å². The molecule has 3 N–H and O–H groups in total. The molecule has 0 bridgehead atoms. The quantitative estimate of drug-likeness (QED) is 0.785. The van der Waals surface area contributed by atoms with Gasteiger partial charge in [0.1, 0.15) is 10.8 Å². The van der Waals surface area contributed by atoms with Crippen LogP contribution in [0.1, 0.15) is 25.8 Å². The number of rotatable bonds is 4. The van der Waals surface area contributed by atoms with Gasteiger partial charge in [0.2, 0.25) is 0 Å². The van der Waals surface area contributed by atoms with E-state index in [2.05, 4.69) is 24.1 Å². The summed E-state index contributed by atoms with van der Waals surface area (Å²) in [6, 6.07) is 3.75. The Morgan fingerprint density at radius 2 is 2.38 bits per heavy atom. The molecule has 1 fully saturated rings. The zero-order valence-electron chi connectivity index (χ0n) is 9.66. The normalized spacial score (nSPS) is 21.5. The van der Waals surface area contributed by atoms with Gasteiger partial charge in [-0.2, -0.15) is 0 Å².